The molecule has 2 atom stereocenters. The van der Waals surface area contributed by atoms with E-state index < -0.39 is 0 Å². The van der Waals surface area contributed by atoms with Gasteiger partial charge in [-0.25, -0.2) is 9.59 Å². The quantitative estimate of drug-likeness (QED) is 0.916. The predicted octanol–water partition coefficient (Wildman–Crippen LogP) is 2.56. The lowest BCUT2D eigenvalue weighted by Gasteiger charge is -2.39. The van der Waals surface area contributed by atoms with Gasteiger partial charge in [0.15, 0.2) is 0 Å². The van der Waals surface area contributed by atoms with E-state index in [0.29, 0.717) is 30.7 Å². The van der Waals surface area contributed by atoms with E-state index >= 15 is 0 Å². The third kappa shape index (κ3) is 3.35. The number of amides is 2. The summed E-state index contributed by atoms with van der Waals surface area (Å²) >= 11 is 0. The summed E-state index contributed by atoms with van der Waals surface area (Å²) in [6, 6.07) is 10.1. The monoisotopic (exact) mass is 343 g/mol. The van der Waals surface area contributed by atoms with Crippen molar-refractivity contribution in [3.05, 3.63) is 35.9 Å². The normalized spacial score (nSPS) is 27.7. The molecule has 6 nitrogen and oxygen atoms in total. The van der Waals surface area contributed by atoms with Crippen LogP contribution in [0.3, 0.4) is 0 Å². The zero-order valence-corrected chi connectivity index (χ0v) is 14.4. The average molecular weight is 343 g/mol. The Balaban J connectivity index is 1.32. The molecule has 2 saturated heterocycles. The van der Waals surface area contributed by atoms with Crippen LogP contribution in [-0.2, 0) is 4.84 Å². The number of carbonyl (C=O) groups excluding carboxylic acids is 2. The molecule has 6 heteroatoms. The minimum absolute atomic E-state index is 0.0941. The molecule has 0 aromatic heterocycles. The maximum atomic E-state index is 12.4. The zero-order valence-electron chi connectivity index (χ0n) is 14.4. The van der Waals surface area contributed by atoms with Crippen molar-refractivity contribution >= 4 is 12.0 Å². The highest BCUT2D eigenvalue weighted by Crippen LogP contribution is 2.32. The smallest absolute Gasteiger partial charge is 0.357 e. The number of hydroxylamine groups is 2. The summed E-state index contributed by atoms with van der Waals surface area (Å²) in [6.07, 6.45) is 6.31. The molecular formula is C19H25N3O3. The lowest BCUT2D eigenvalue weighted by Crippen LogP contribution is -2.50. The van der Waals surface area contributed by atoms with Gasteiger partial charge in [0.1, 0.15) is 0 Å². The number of fused-ring (bicyclic) bond motifs is 1. The van der Waals surface area contributed by atoms with Crippen LogP contribution in [0.4, 0.5) is 4.79 Å². The predicted molar refractivity (Wildman–Crippen MR) is 92.9 cm³/mol. The van der Waals surface area contributed by atoms with E-state index in [1.807, 2.05) is 18.2 Å². The molecule has 0 radical (unpaired) electrons. The van der Waals surface area contributed by atoms with E-state index in [1.165, 1.54) is 12.8 Å². The third-order valence-corrected chi connectivity index (χ3v) is 5.67. The number of hydrogen-bond acceptors (Lipinski definition) is 4. The second-order valence-electron chi connectivity index (χ2n) is 7.22. The van der Waals surface area contributed by atoms with Crippen molar-refractivity contribution in [2.75, 3.05) is 13.1 Å². The van der Waals surface area contributed by atoms with E-state index in [1.54, 1.807) is 17.2 Å². The average Bonchev–Trinajstić information content (AvgIpc) is 2.99. The molecule has 25 heavy (non-hydrogen) atoms. The van der Waals surface area contributed by atoms with Gasteiger partial charge in [0.2, 0.25) is 0 Å². The summed E-state index contributed by atoms with van der Waals surface area (Å²) in [5, 5.41) is 4.89. The number of carbonyl (C=O) groups is 2. The number of nitrogens with one attached hydrogen (secondary N) is 1. The maximum absolute atomic E-state index is 12.4. The fraction of sp³-hybridized carbons (Fsp3) is 0.579. The summed E-state index contributed by atoms with van der Waals surface area (Å²) in [6.45, 7) is 1.34. The van der Waals surface area contributed by atoms with Gasteiger partial charge in [-0.1, -0.05) is 31.0 Å². The molecule has 2 aliphatic heterocycles. The van der Waals surface area contributed by atoms with Crippen molar-refractivity contribution in [1.82, 2.24) is 15.3 Å². The molecule has 1 aliphatic carbocycles. The van der Waals surface area contributed by atoms with Gasteiger partial charge in [0, 0.05) is 19.1 Å². The molecule has 1 saturated carbocycles. The first-order valence-corrected chi connectivity index (χ1v) is 9.33. The fourth-order valence-corrected chi connectivity index (χ4v) is 4.39. The Morgan fingerprint density at radius 1 is 1.04 bits per heavy atom. The van der Waals surface area contributed by atoms with Gasteiger partial charge >= 0.3 is 12.0 Å². The molecule has 0 bridgehead atoms. The Bertz CT molecular complexity index is 628. The summed E-state index contributed by atoms with van der Waals surface area (Å²) in [5.41, 5.74) is 0.564. The molecule has 0 unspecified atom stereocenters. The van der Waals surface area contributed by atoms with E-state index in [0.717, 1.165) is 25.7 Å². The van der Waals surface area contributed by atoms with E-state index in [-0.39, 0.29) is 18.0 Å². The van der Waals surface area contributed by atoms with Gasteiger partial charge in [-0.05, 0) is 37.8 Å². The third-order valence-electron chi connectivity index (χ3n) is 5.67. The summed E-state index contributed by atoms with van der Waals surface area (Å²) in [7, 11) is 0. The van der Waals surface area contributed by atoms with Crippen LogP contribution in [0.25, 0.3) is 0 Å². The highest BCUT2D eigenvalue weighted by atomic mass is 16.7. The lowest BCUT2D eigenvalue weighted by atomic mass is 9.89. The van der Waals surface area contributed by atoms with Gasteiger partial charge in [0.25, 0.3) is 0 Å². The molecule has 1 N–H and O–H groups in total. The molecule has 3 fully saturated rings. The van der Waals surface area contributed by atoms with Crippen LogP contribution < -0.4 is 5.32 Å². The van der Waals surface area contributed by atoms with Crippen molar-refractivity contribution < 1.29 is 14.4 Å². The van der Waals surface area contributed by atoms with Crippen molar-refractivity contribution in [1.29, 1.82) is 0 Å². The van der Waals surface area contributed by atoms with Crippen LogP contribution >= 0.6 is 0 Å². The molecule has 0 spiro atoms. The fourth-order valence-electron chi connectivity index (χ4n) is 4.39. The van der Waals surface area contributed by atoms with Gasteiger partial charge in [-0.3, -0.25) is 0 Å². The minimum atomic E-state index is -0.315. The first-order valence-electron chi connectivity index (χ1n) is 9.33. The Labute approximate surface area is 148 Å². The molecule has 3 aliphatic rings. The molecular weight excluding hydrogens is 318 g/mol. The standard InChI is InChI=1S/C19H25N3O3/c23-18(14-6-2-1-3-7-14)25-21-12-10-15(11-13-21)22-17-9-5-4-8-16(17)20-19(22)24/h1-3,6-7,15-17H,4-5,8-13H2,(H,20,24)/t16-,17+/m1/s1. The minimum Gasteiger partial charge on any atom is -0.364 e. The largest absolute Gasteiger partial charge is 0.364 e. The van der Waals surface area contributed by atoms with Gasteiger partial charge < -0.3 is 15.1 Å². The van der Waals surface area contributed by atoms with Gasteiger partial charge in [0.05, 0.1) is 17.6 Å². The molecule has 1 aromatic carbocycles. The molecule has 4 rings (SSSR count). The molecule has 2 heterocycles. The highest BCUT2D eigenvalue weighted by Gasteiger charge is 2.44. The number of urea groups is 1. The highest BCUT2D eigenvalue weighted by molar-refractivity contribution is 5.89. The second-order valence-corrected chi connectivity index (χ2v) is 7.22. The van der Waals surface area contributed by atoms with Crippen molar-refractivity contribution in [2.24, 2.45) is 0 Å². The summed E-state index contributed by atoms with van der Waals surface area (Å²) < 4.78 is 0. The first-order chi connectivity index (χ1) is 12.2. The van der Waals surface area contributed by atoms with Crippen LogP contribution in [-0.4, -0.2) is 53.2 Å². The Kier molecular flexibility index (Phi) is 4.61. The first kappa shape index (κ1) is 16.4. The molecule has 134 valence electrons. The summed E-state index contributed by atoms with van der Waals surface area (Å²) in [4.78, 5) is 32.1. The van der Waals surface area contributed by atoms with Crippen molar-refractivity contribution in [3.63, 3.8) is 0 Å². The number of nitrogens with zero attached hydrogens (tertiary/aromatic N) is 2. The SMILES string of the molecule is O=C(ON1CCC(N2C(=O)N[C@@H]3CCCC[C@@H]32)CC1)c1ccccc1. The van der Waals surface area contributed by atoms with E-state index in [2.05, 4.69) is 10.2 Å². The number of rotatable bonds is 3. The maximum Gasteiger partial charge on any atom is 0.357 e. The van der Waals surface area contributed by atoms with Crippen LogP contribution in [0.1, 0.15) is 48.9 Å². The van der Waals surface area contributed by atoms with Crippen molar-refractivity contribution in [3.8, 4) is 0 Å². The van der Waals surface area contributed by atoms with Gasteiger partial charge in [-0.15, -0.1) is 5.06 Å². The van der Waals surface area contributed by atoms with E-state index in [9.17, 15) is 9.59 Å². The van der Waals surface area contributed by atoms with Crippen molar-refractivity contribution in [2.45, 2.75) is 56.7 Å². The Morgan fingerprint density at radius 2 is 1.76 bits per heavy atom. The Morgan fingerprint density at radius 3 is 2.52 bits per heavy atom. The number of hydrogen-bond donors (Lipinski definition) is 1. The van der Waals surface area contributed by atoms with Crippen LogP contribution in [0.2, 0.25) is 0 Å². The van der Waals surface area contributed by atoms with E-state index in [4.69, 9.17) is 4.84 Å². The number of benzene rings is 1. The zero-order chi connectivity index (χ0) is 17.2. The summed E-state index contributed by atoms with van der Waals surface area (Å²) in [5.74, 6) is -0.315. The topological polar surface area (TPSA) is 61.9 Å². The lowest BCUT2D eigenvalue weighted by molar-refractivity contribution is -0.127. The number of piperidine rings is 1. The van der Waals surface area contributed by atoms with Crippen LogP contribution in [0.5, 0.6) is 0 Å². The van der Waals surface area contributed by atoms with Gasteiger partial charge in [-0.2, -0.15) is 0 Å². The van der Waals surface area contributed by atoms with Crippen LogP contribution in [0, 0.1) is 0 Å². The van der Waals surface area contributed by atoms with Crippen LogP contribution in [0.15, 0.2) is 30.3 Å². The molecule has 1 aromatic rings. The Hall–Kier alpha value is -2.08. The molecule has 2 amide bonds. The second kappa shape index (κ2) is 7.04.